The molecule has 0 saturated heterocycles. The quantitative estimate of drug-likeness (QED) is 0.152. The standard InChI is InChI=1S/C37H40N2O5/c1-3-43-36(41)27-44-34-21-10-13-29(25-34)14-12-23-39(37(42)32-19-11-20-33(26-32)38-28(2)40)24-22-35(30-15-6-4-7-16-30)31-17-8-5-9-18-31/h4-11,13,15-21,25-26,35H,3,12,14,22-24,27H2,1-2H3,(H,38,40). The third-order valence-corrected chi connectivity index (χ3v) is 7.26. The number of ether oxygens (including phenoxy) is 2. The molecule has 0 heterocycles. The second-order valence-electron chi connectivity index (χ2n) is 10.6. The minimum atomic E-state index is -0.404. The summed E-state index contributed by atoms with van der Waals surface area (Å²) in [6, 6.07) is 35.5. The van der Waals surface area contributed by atoms with E-state index in [1.807, 2.05) is 65.6 Å². The van der Waals surface area contributed by atoms with E-state index in [9.17, 15) is 14.4 Å². The van der Waals surface area contributed by atoms with Crippen molar-refractivity contribution < 1.29 is 23.9 Å². The molecule has 0 radical (unpaired) electrons. The molecular weight excluding hydrogens is 552 g/mol. The maximum atomic E-state index is 13.9. The van der Waals surface area contributed by atoms with Gasteiger partial charge >= 0.3 is 5.97 Å². The lowest BCUT2D eigenvalue weighted by Crippen LogP contribution is -2.34. The van der Waals surface area contributed by atoms with Crippen LogP contribution in [0.5, 0.6) is 5.75 Å². The highest BCUT2D eigenvalue weighted by Gasteiger charge is 2.20. The van der Waals surface area contributed by atoms with E-state index in [1.165, 1.54) is 18.1 Å². The van der Waals surface area contributed by atoms with Gasteiger partial charge in [0.15, 0.2) is 6.61 Å². The number of aryl methyl sites for hydroxylation is 1. The molecule has 0 unspecified atom stereocenters. The predicted octanol–water partition coefficient (Wildman–Crippen LogP) is 6.88. The van der Waals surface area contributed by atoms with Crippen molar-refractivity contribution in [3.8, 4) is 5.75 Å². The molecule has 2 amide bonds. The fourth-order valence-electron chi connectivity index (χ4n) is 5.22. The van der Waals surface area contributed by atoms with Gasteiger partial charge in [-0.05, 0) is 73.2 Å². The van der Waals surface area contributed by atoms with Crippen LogP contribution < -0.4 is 10.1 Å². The SMILES string of the molecule is CCOC(=O)COc1cccc(CCCN(CCC(c2ccccc2)c2ccccc2)C(=O)c2cccc(NC(C)=O)c2)c1. The number of esters is 1. The van der Waals surface area contributed by atoms with Crippen LogP contribution in [-0.2, 0) is 20.7 Å². The van der Waals surface area contributed by atoms with E-state index in [0.717, 1.165) is 24.8 Å². The minimum Gasteiger partial charge on any atom is -0.482 e. The summed E-state index contributed by atoms with van der Waals surface area (Å²) < 4.78 is 10.5. The van der Waals surface area contributed by atoms with Gasteiger partial charge < -0.3 is 19.7 Å². The molecule has 44 heavy (non-hydrogen) atoms. The average molecular weight is 593 g/mol. The van der Waals surface area contributed by atoms with Crippen molar-refractivity contribution in [2.75, 3.05) is 31.6 Å². The van der Waals surface area contributed by atoms with Gasteiger partial charge in [0, 0.05) is 37.2 Å². The molecule has 4 aromatic carbocycles. The summed E-state index contributed by atoms with van der Waals surface area (Å²) in [6.07, 6.45) is 2.22. The molecule has 1 N–H and O–H groups in total. The molecule has 0 aliphatic carbocycles. The Morgan fingerprint density at radius 2 is 1.48 bits per heavy atom. The van der Waals surface area contributed by atoms with Crippen molar-refractivity contribution in [1.29, 1.82) is 0 Å². The molecule has 0 fully saturated rings. The molecule has 228 valence electrons. The molecule has 0 aliphatic heterocycles. The number of hydrogen-bond donors (Lipinski definition) is 1. The van der Waals surface area contributed by atoms with Crippen LogP contribution in [0.25, 0.3) is 0 Å². The largest absolute Gasteiger partial charge is 0.482 e. The monoisotopic (exact) mass is 592 g/mol. The first kappa shape index (κ1) is 32.0. The van der Waals surface area contributed by atoms with E-state index in [4.69, 9.17) is 9.47 Å². The van der Waals surface area contributed by atoms with Gasteiger partial charge in [0.2, 0.25) is 5.91 Å². The van der Waals surface area contributed by atoms with E-state index in [-0.39, 0.29) is 24.3 Å². The van der Waals surface area contributed by atoms with E-state index in [1.54, 1.807) is 31.2 Å². The number of carbonyl (C=O) groups is 3. The molecule has 0 bridgehead atoms. The second kappa shape index (κ2) is 16.7. The normalized spacial score (nSPS) is 10.7. The first-order valence-electron chi connectivity index (χ1n) is 15.1. The third-order valence-electron chi connectivity index (χ3n) is 7.26. The Bertz CT molecular complexity index is 1470. The summed E-state index contributed by atoms with van der Waals surface area (Å²) in [4.78, 5) is 39.2. The zero-order valence-corrected chi connectivity index (χ0v) is 25.4. The van der Waals surface area contributed by atoms with Crippen molar-refractivity contribution in [2.24, 2.45) is 0 Å². The van der Waals surface area contributed by atoms with Gasteiger partial charge in [-0.2, -0.15) is 0 Å². The highest BCUT2D eigenvalue weighted by atomic mass is 16.6. The van der Waals surface area contributed by atoms with E-state index < -0.39 is 5.97 Å². The average Bonchev–Trinajstić information content (AvgIpc) is 3.04. The summed E-state index contributed by atoms with van der Waals surface area (Å²) in [5.41, 5.74) is 4.59. The van der Waals surface area contributed by atoms with Crippen molar-refractivity contribution in [1.82, 2.24) is 4.90 Å². The molecule has 0 aromatic heterocycles. The van der Waals surface area contributed by atoms with Gasteiger partial charge in [-0.25, -0.2) is 4.79 Å². The van der Waals surface area contributed by atoms with Crippen LogP contribution in [0.4, 0.5) is 5.69 Å². The third kappa shape index (κ3) is 9.83. The van der Waals surface area contributed by atoms with Crippen molar-refractivity contribution in [3.05, 3.63) is 131 Å². The van der Waals surface area contributed by atoms with Crippen molar-refractivity contribution in [3.63, 3.8) is 0 Å². The first-order chi connectivity index (χ1) is 21.4. The zero-order chi connectivity index (χ0) is 31.1. The Morgan fingerprint density at radius 1 is 0.795 bits per heavy atom. The fourth-order valence-corrected chi connectivity index (χ4v) is 5.22. The first-order valence-corrected chi connectivity index (χ1v) is 15.1. The van der Waals surface area contributed by atoms with Crippen LogP contribution in [0.2, 0.25) is 0 Å². The van der Waals surface area contributed by atoms with Crippen molar-refractivity contribution >= 4 is 23.5 Å². The summed E-state index contributed by atoms with van der Waals surface area (Å²) in [6.45, 7) is 4.49. The smallest absolute Gasteiger partial charge is 0.344 e. The number of nitrogens with zero attached hydrogens (tertiary/aromatic N) is 1. The van der Waals surface area contributed by atoms with Gasteiger partial charge in [0.25, 0.3) is 5.91 Å². The fraction of sp³-hybridized carbons (Fsp3) is 0.270. The molecule has 7 nitrogen and oxygen atoms in total. The number of hydrogen-bond acceptors (Lipinski definition) is 5. The molecule has 0 atom stereocenters. The van der Waals surface area contributed by atoms with Crippen molar-refractivity contribution in [2.45, 2.75) is 39.0 Å². The number of amides is 2. The van der Waals surface area contributed by atoms with Crippen LogP contribution in [-0.4, -0.2) is 49.0 Å². The van der Waals surface area contributed by atoms with E-state index >= 15 is 0 Å². The lowest BCUT2D eigenvalue weighted by molar-refractivity contribution is -0.145. The Kier molecular flexibility index (Phi) is 12.1. The van der Waals surface area contributed by atoms with Gasteiger partial charge in [-0.15, -0.1) is 0 Å². The molecule has 4 aromatic rings. The van der Waals surface area contributed by atoms with Gasteiger partial charge in [0.05, 0.1) is 6.61 Å². The summed E-state index contributed by atoms with van der Waals surface area (Å²) in [5, 5.41) is 2.78. The summed E-state index contributed by atoms with van der Waals surface area (Å²) in [5.74, 6) is 0.0644. The molecule has 4 rings (SSSR count). The molecule has 0 aliphatic rings. The Morgan fingerprint density at radius 3 is 2.14 bits per heavy atom. The maximum absolute atomic E-state index is 13.9. The van der Waals surface area contributed by atoms with Crippen LogP contribution in [0, 0.1) is 0 Å². The van der Waals surface area contributed by atoms with E-state index in [2.05, 4.69) is 29.6 Å². The number of carbonyl (C=O) groups excluding carboxylic acids is 3. The Labute approximate surface area is 259 Å². The number of rotatable bonds is 15. The van der Waals surface area contributed by atoms with Crippen LogP contribution in [0.15, 0.2) is 109 Å². The predicted molar refractivity (Wildman–Crippen MR) is 173 cm³/mol. The van der Waals surface area contributed by atoms with Gasteiger partial charge in [-0.1, -0.05) is 78.9 Å². The molecular formula is C37H40N2O5. The van der Waals surface area contributed by atoms with Crippen LogP contribution >= 0.6 is 0 Å². The highest BCUT2D eigenvalue weighted by molar-refractivity contribution is 5.96. The lowest BCUT2D eigenvalue weighted by Gasteiger charge is -2.26. The van der Waals surface area contributed by atoms with E-state index in [0.29, 0.717) is 36.7 Å². The van der Waals surface area contributed by atoms with Crippen LogP contribution in [0.3, 0.4) is 0 Å². The Balaban J connectivity index is 1.50. The number of anilines is 1. The Hall–Kier alpha value is -4.91. The lowest BCUT2D eigenvalue weighted by atomic mass is 9.88. The van der Waals surface area contributed by atoms with Crippen LogP contribution in [0.1, 0.15) is 59.7 Å². The topological polar surface area (TPSA) is 84.9 Å². The molecule has 0 spiro atoms. The second-order valence-corrected chi connectivity index (χ2v) is 10.6. The van der Waals surface area contributed by atoms with Gasteiger partial charge in [0.1, 0.15) is 5.75 Å². The minimum absolute atomic E-state index is 0.0800. The van der Waals surface area contributed by atoms with Gasteiger partial charge in [-0.3, -0.25) is 9.59 Å². The summed E-state index contributed by atoms with van der Waals surface area (Å²) in [7, 11) is 0. The highest BCUT2D eigenvalue weighted by Crippen LogP contribution is 2.28. The molecule has 0 saturated carbocycles. The maximum Gasteiger partial charge on any atom is 0.344 e. The zero-order valence-electron chi connectivity index (χ0n) is 25.4. The molecule has 7 heteroatoms. The number of nitrogens with one attached hydrogen (secondary N) is 1. The number of benzene rings is 4. The summed E-state index contributed by atoms with van der Waals surface area (Å²) >= 11 is 0.